The summed E-state index contributed by atoms with van der Waals surface area (Å²) in [5, 5.41) is 0.958. The van der Waals surface area contributed by atoms with E-state index in [9.17, 15) is 9.18 Å². The molecule has 0 saturated carbocycles. The predicted octanol–water partition coefficient (Wildman–Crippen LogP) is 4.46. The lowest BCUT2D eigenvalue weighted by atomic mass is 9.83. The Bertz CT molecular complexity index is 704. The van der Waals surface area contributed by atoms with Crippen LogP contribution in [0.1, 0.15) is 36.6 Å². The Morgan fingerprint density at radius 2 is 2.30 bits per heavy atom. The molecule has 0 radical (unpaired) electrons. The van der Waals surface area contributed by atoms with Crippen molar-refractivity contribution in [1.82, 2.24) is 4.98 Å². The number of rotatable bonds is 2. The average molecular weight is 338 g/mol. The van der Waals surface area contributed by atoms with Crippen LogP contribution >= 0.6 is 15.9 Å². The van der Waals surface area contributed by atoms with Gasteiger partial charge >= 0.3 is 0 Å². The second-order valence-corrected chi connectivity index (χ2v) is 6.37. The molecule has 0 aliphatic heterocycles. The number of H-pyrrole nitrogens is 1. The van der Waals surface area contributed by atoms with E-state index in [1.54, 1.807) is 6.07 Å². The Labute approximate surface area is 125 Å². The molecule has 1 aliphatic carbocycles. The van der Waals surface area contributed by atoms with E-state index in [4.69, 9.17) is 0 Å². The number of nitrogens with one attached hydrogen (secondary N) is 1. The third kappa shape index (κ3) is 2.01. The van der Waals surface area contributed by atoms with Crippen molar-refractivity contribution < 1.29 is 9.18 Å². The summed E-state index contributed by atoms with van der Waals surface area (Å²) >= 11 is 3.37. The number of hydrogen-bond donors (Lipinski definition) is 1. The fraction of sp³-hybridized carbons (Fsp3) is 0.438. The van der Waals surface area contributed by atoms with Crippen LogP contribution in [0.25, 0.3) is 10.9 Å². The number of carbonyl (C=O) groups is 1. The van der Waals surface area contributed by atoms with Gasteiger partial charge in [0.15, 0.2) is 0 Å². The number of carbonyl (C=O) groups excluding carboxylic acids is 1. The molecule has 1 aromatic carbocycles. The van der Waals surface area contributed by atoms with E-state index in [0.29, 0.717) is 16.7 Å². The zero-order valence-corrected chi connectivity index (χ0v) is 13.2. The first-order valence-corrected chi connectivity index (χ1v) is 7.83. The van der Waals surface area contributed by atoms with Crippen LogP contribution in [-0.4, -0.2) is 10.8 Å². The highest BCUT2D eigenvalue weighted by Gasteiger charge is 2.27. The van der Waals surface area contributed by atoms with Gasteiger partial charge in [-0.3, -0.25) is 4.79 Å². The standard InChI is InChI=1S/C16H17BrFNO/c1-3-13(20)9-4-5-10-12(7-9)19-16-8(2)6-11(18)15(17)14(10)16/h6,9,19H,3-5,7H2,1-2H3. The maximum absolute atomic E-state index is 13.9. The van der Waals surface area contributed by atoms with Crippen molar-refractivity contribution in [3.8, 4) is 0 Å². The van der Waals surface area contributed by atoms with Gasteiger partial charge in [0.05, 0.1) is 9.99 Å². The third-order valence-corrected chi connectivity index (χ3v) is 5.13. The van der Waals surface area contributed by atoms with Crippen molar-refractivity contribution in [1.29, 1.82) is 0 Å². The largest absolute Gasteiger partial charge is 0.358 e. The van der Waals surface area contributed by atoms with Gasteiger partial charge in [0.1, 0.15) is 11.6 Å². The number of halogens is 2. The van der Waals surface area contributed by atoms with Gasteiger partial charge in [-0.25, -0.2) is 4.39 Å². The first-order chi connectivity index (χ1) is 9.52. The summed E-state index contributed by atoms with van der Waals surface area (Å²) in [5.41, 5.74) is 4.18. The van der Waals surface area contributed by atoms with Crippen LogP contribution in [0.5, 0.6) is 0 Å². The molecule has 1 unspecified atom stereocenters. The van der Waals surface area contributed by atoms with Gasteiger partial charge in [-0.15, -0.1) is 0 Å². The zero-order chi connectivity index (χ0) is 14.4. The summed E-state index contributed by atoms with van der Waals surface area (Å²) in [6.07, 6.45) is 3.06. The summed E-state index contributed by atoms with van der Waals surface area (Å²) < 4.78 is 14.4. The highest BCUT2D eigenvalue weighted by Crippen LogP contribution is 2.38. The van der Waals surface area contributed by atoms with Gasteiger partial charge in [-0.05, 0) is 59.3 Å². The number of aryl methyl sites for hydroxylation is 2. The fourth-order valence-corrected chi connectivity index (χ4v) is 3.81. The minimum Gasteiger partial charge on any atom is -0.358 e. The number of hydrogen-bond acceptors (Lipinski definition) is 1. The fourth-order valence-electron chi connectivity index (χ4n) is 3.25. The molecule has 0 amide bonds. The minimum atomic E-state index is -0.219. The lowest BCUT2D eigenvalue weighted by molar-refractivity contribution is -0.122. The Kier molecular flexibility index (Phi) is 3.44. The van der Waals surface area contributed by atoms with E-state index in [-0.39, 0.29) is 11.7 Å². The van der Waals surface area contributed by atoms with Gasteiger partial charge in [0.2, 0.25) is 0 Å². The number of aromatic amines is 1. The van der Waals surface area contributed by atoms with Crippen LogP contribution < -0.4 is 0 Å². The van der Waals surface area contributed by atoms with Crippen molar-refractivity contribution in [2.45, 2.75) is 39.5 Å². The molecule has 4 heteroatoms. The second kappa shape index (κ2) is 4.99. The molecule has 20 heavy (non-hydrogen) atoms. The Hall–Kier alpha value is -1.16. The van der Waals surface area contributed by atoms with E-state index in [2.05, 4.69) is 20.9 Å². The molecule has 1 N–H and O–H groups in total. The normalized spacial score (nSPS) is 18.3. The SMILES string of the molecule is CCC(=O)C1CCc2c([nH]c3c(C)cc(F)c(Br)c23)C1. The van der Waals surface area contributed by atoms with Gasteiger partial charge < -0.3 is 4.98 Å². The number of Topliss-reactive ketones (excluding diaryl/α,β-unsaturated/α-hetero) is 1. The number of aromatic nitrogens is 1. The molecular formula is C16H17BrFNO. The first-order valence-electron chi connectivity index (χ1n) is 7.03. The van der Waals surface area contributed by atoms with Gasteiger partial charge in [0.25, 0.3) is 0 Å². The van der Waals surface area contributed by atoms with Crippen LogP contribution in [-0.2, 0) is 17.6 Å². The van der Waals surface area contributed by atoms with E-state index in [0.717, 1.165) is 41.4 Å². The number of ketones is 1. The summed E-state index contributed by atoms with van der Waals surface area (Å²) in [5.74, 6) is 0.226. The highest BCUT2D eigenvalue weighted by atomic mass is 79.9. The van der Waals surface area contributed by atoms with Crippen molar-refractivity contribution in [3.63, 3.8) is 0 Å². The predicted molar refractivity (Wildman–Crippen MR) is 81.5 cm³/mol. The summed E-state index contributed by atoms with van der Waals surface area (Å²) in [4.78, 5) is 15.3. The maximum atomic E-state index is 13.9. The molecule has 1 heterocycles. The molecule has 0 spiro atoms. The number of fused-ring (bicyclic) bond motifs is 3. The van der Waals surface area contributed by atoms with E-state index in [1.807, 2.05) is 13.8 Å². The highest BCUT2D eigenvalue weighted by molar-refractivity contribution is 9.10. The van der Waals surface area contributed by atoms with Crippen LogP contribution in [0.2, 0.25) is 0 Å². The summed E-state index contributed by atoms with van der Waals surface area (Å²) in [7, 11) is 0. The van der Waals surface area contributed by atoms with Crippen LogP contribution in [0, 0.1) is 18.7 Å². The van der Waals surface area contributed by atoms with Crippen molar-refractivity contribution in [3.05, 3.63) is 33.2 Å². The molecule has 106 valence electrons. The quantitative estimate of drug-likeness (QED) is 0.861. The number of benzene rings is 1. The molecule has 2 aromatic rings. The van der Waals surface area contributed by atoms with Crippen molar-refractivity contribution >= 4 is 32.6 Å². The second-order valence-electron chi connectivity index (χ2n) is 5.58. The van der Waals surface area contributed by atoms with E-state index in [1.165, 1.54) is 5.56 Å². The van der Waals surface area contributed by atoms with Gasteiger partial charge in [-0.2, -0.15) is 0 Å². The van der Waals surface area contributed by atoms with E-state index < -0.39 is 0 Å². The Balaban J connectivity index is 2.14. The summed E-state index contributed by atoms with van der Waals surface area (Å²) in [6, 6.07) is 1.54. The van der Waals surface area contributed by atoms with Gasteiger partial charge in [0, 0.05) is 23.4 Å². The third-order valence-electron chi connectivity index (χ3n) is 4.36. The lowest BCUT2D eigenvalue weighted by Crippen LogP contribution is -2.21. The average Bonchev–Trinajstić information content (AvgIpc) is 2.83. The van der Waals surface area contributed by atoms with Crippen LogP contribution in [0.4, 0.5) is 4.39 Å². The zero-order valence-electron chi connectivity index (χ0n) is 11.6. The van der Waals surface area contributed by atoms with Gasteiger partial charge in [-0.1, -0.05) is 6.92 Å². The minimum absolute atomic E-state index is 0.115. The summed E-state index contributed by atoms with van der Waals surface area (Å²) in [6.45, 7) is 3.83. The smallest absolute Gasteiger partial charge is 0.138 e. The molecule has 2 nitrogen and oxygen atoms in total. The molecule has 1 aliphatic rings. The lowest BCUT2D eigenvalue weighted by Gasteiger charge is -2.20. The van der Waals surface area contributed by atoms with Crippen molar-refractivity contribution in [2.24, 2.45) is 5.92 Å². The van der Waals surface area contributed by atoms with Crippen molar-refractivity contribution in [2.75, 3.05) is 0 Å². The first kappa shape index (κ1) is 13.8. The molecule has 3 rings (SSSR count). The molecule has 0 fully saturated rings. The maximum Gasteiger partial charge on any atom is 0.138 e. The monoisotopic (exact) mass is 337 g/mol. The molecular weight excluding hydrogens is 321 g/mol. The molecule has 1 aromatic heterocycles. The molecule has 0 saturated heterocycles. The Morgan fingerprint density at radius 3 is 3.00 bits per heavy atom. The van der Waals surface area contributed by atoms with Crippen LogP contribution in [0.15, 0.2) is 10.5 Å². The molecule has 0 bridgehead atoms. The van der Waals surface area contributed by atoms with E-state index >= 15 is 0 Å². The van der Waals surface area contributed by atoms with Crippen LogP contribution in [0.3, 0.4) is 0 Å². The Morgan fingerprint density at radius 1 is 1.55 bits per heavy atom. The topological polar surface area (TPSA) is 32.9 Å². The molecule has 1 atom stereocenters.